The van der Waals surface area contributed by atoms with Crippen LogP contribution in [0.25, 0.3) is 0 Å². The predicted octanol–water partition coefficient (Wildman–Crippen LogP) is 4.61. The highest BCUT2D eigenvalue weighted by Gasteiger charge is 2.31. The number of piperidine rings is 1. The van der Waals surface area contributed by atoms with Gasteiger partial charge in [0, 0.05) is 24.7 Å². The van der Waals surface area contributed by atoms with Crippen molar-refractivity contribution in [2.75, 3.05) is 40.3 Å². The lowest BCUT2D eigenvalue weighted by Gasteiger charge is -2.37. The smallest absolute Gasteiger partial charge is 0.410 e. The molecule has 0 saturated carbocycles. The Kier molecular flexibility index (Phi) is 7.95. The van der Waals surface area contributed by atoms with E-state index in [4.69, 9.17) is 21.1 Å². The van der Waals surface area contributed by atoms with Crippen molar-refractivity contribution in [3.8, 4) is 0 Å². The zero-order valence-corrected chi connectivity index (χ0v) is 18.0. The predicted molar refractivity (Wildman–Crippen MR) is 109 cm³/mol. The quantitative estimate of drug-likeness (QED) is 0.704. The summed E-state index contributed by atoms with van der Waals surface area (Å²) in [5.41, 5.74) is 0.684. The topological polar surface area (TPSA) is 42.0 Å². The Labute approximate surface area is 168 Å². The van der Waals surface area contributed by atoms with Crippen molar-refractivity contribution >= 4 is 17.7 Å². The first-order chi connectivity index (χ1) is 12.7. The maximum Gasteiger partial charge on any atom is 0.410 e. The summed E-state index contributed by atoms with van der Waals surface area (Å²) in [5.74, 6) is 0.368. The third-order valence-electron chi connectivity index (χ3n) is 4.65. The van der Waals surface area contributed by atoms with E-state index in [9.17, 15) is 4.79 Å². The number of benzene rings is 1. The van der Waals surface area contributed by atoms with Gasteiger partial charge < -0.3 is 19.3 Å². The van der Waals surface area contributed by atoms with Crippen molar-refractivity contribution in [2.45, 2.75) is 45.3 Å². The molecule has 0 radical (unpaired) electrons. The highest BCUT2D eigenvalue weighted by atomic mass is 35.5. The third kappa shape index (κ3) is 7.32. The Morgan fingerprint density at radius 2 is 1.81 bits per heavy atom. The molecule has 0 aliphatic carbocycles. The Morgan fingerprint density at radius 1 is 1.22 bits per heavy atom. The van der Waals surface area contributed by atoms with Crippen LogP contribution >= 0.6 is 11.6 Å². The van der Waals surface area contributed by atoms with Gasteiger partial charge in [-0.2, -0.15) is 0 Å². The number of hydrogen-bond acceptors (Lipinski definition) is 4. The van der Waals surface area contributed by atoms with E-state index in [0.717, 1.165) is 30.0 Å². The van der Waals surface area contributed by atoms with Gasteiger partial charge in [0.2, 0.25) is 0 Å². The molecule has 1 atom stereocenters. The summed E-state index contributed by atoms with van der Waals surface area (Å²) in [5, 5.41) is 0.727. The van der Waals surface area contributed by atoms with Crippen molar-refractivity contribution in [2.24, 2.45) is 5.92 Å². The van der Waals surface area contributed by atoms with Crippen LogP contribution in [-0.2, 0) is 9.47 Å². The molecule has 152 valence electrons. The van der Waals surface area contributed by atoms with Gasteiger partial charge >= 0.3 is 6.09 Å². The third-order valence-corrected chi connectivity index (χ3v) is 4.91. The number of halogens is 1. The lowest BCUT2D eigenvalue weighted by molar-refractivity contribution is -0.0232. The molecule has 5 nitrogen and oxygen atoms in total. The summed E-state index contributed by atoms with van der Waals surface area (Å²) in [6, 6.07) is 7.91. The van der Waals surface area contributed by atoms with Crippen LogP contribution in [0.1, 0.15) is 45.3 Å². The molecule has 1 aliphatic heterocycles. The van der Waals surface area contributed by atoms with Crippen molar-refractivity contribution in [1.29, 1.82) is 0 Å². The molecule has 1 heterocycles. The minimum Gasteiger partial charge on any atom is -0.444 e. The summed E-state index contributed by atoms with van der Waals surface area (Å²) >= 11 is 6.05. The Balaban J connectivity index is 2.00. The molecule has 2 rings (SSSR count). The van der Waals surface area contributed by atoms with Gasteiger partial charge in [-0.1, -0.05) is 23.7 Å². The van der Waals surface area contributed by atoms with Gasteiger partial charge in [0.05, 0.1) is 12.7 Å². The monoisotopic (exact) mass is 396 g/mol. The first-order valence-corrected chi connectivity index (χ1v) is 10.0. The van der Waals surface area contributed by atoms with Crippen LogP contribution in [0, 0.1) is 5.92 Å². The number of rotatable bonds is 6. The van der Waals surface area contributed by atoms with E-state index in [1.165, 1.54) is 0 Å². The van der Waals surface area contributed by atoms with Crippen LogP contribution in [0.5, 0.6) is 0 Å². The highest BCUT2D eigenvalue weighted by molar-refractivity contribution is 6.30. The summed E-state index contributed by atoms with van der Waals surface area (Å²) in [4.78, 5) is 16.2. The first-order valence-electron chi connectivity index (χ1n) is 9.65. The van der Waals surface area contributed by atoms with Crippen LogP contribution in [0.4, 0.5) is 4.79 Å². The molecule has 1 amide bonds. The number of likely N-dealkylation sites (tertiary alicyclic amines) is 1. The van der Waals surface area contributed by atoms with Gasteiger partial charge in [0.25, 0.3) is 0 Å². The zero-order chi connectivity index (χ0) is 20.0. The lowest BCUT2D eigenvalue weighted by Crippen LogP contribution is -2.42. The van der Waals surface area contributed by atoms with E-state index in [1.807, 2.05) is 59.1 Å². The van der Waals surface area contributed by atoms with E-state index in [2.05, 4.69) is 4.90 Å². The van der Waals surface area contributed by atoms with Crippen molar-refractivity contribution in [3.63, 3.8) is 0 Å². The molecule has 1 fully saturated rings. The van der Waals surface area contributed by atoms with E-state index in [0.29, 0.717) is 25.6 Å². The molecular formula is C21H33ClN2O3. The summed E-state index contributed by atoms with van der Waals surface area (Å²) < 4.78 is 11.8. The fraction of sp³-hybridized carbons (Fsp3) is 0.667. The van der Waals surface area contributed by atoms with Gasteiger partial charge in [-0.25, -0.2) is 4.79 Å². The summed E-state index contributed by atoms with van der Waals surface area (Å²) in [6.45, 7) is 8.63. The Bertz CT molecular complexity index is 590. The van der Waals surface area contributed by atoms with E-state index < -0.39 is 5.60 Å². The van der Waals surface area contributed by atoms with Crippen LogP contribution in [0.2, 0.25) is 5.02 Å². The molecule has 1 aliphatic rings. The molecule has 1 aromatic carbocycles. The number of hydrogen-bond donors (Lipinski definition) is 0. The van der Waals surface area contributed by atoms with Gasteiger partial charge in [0.1, 0.15) is 5.60 Å². The van der Waals surface area contributed by atoms with E-state index >= 15 is 0 Å². The van der Waals surface area contributed by atoms with Gasteiger partial charge in [-0.3, -0.25) is 0 Å². The molecule has 6 heteroatoms. The number of ether oxygens (including phenoxy) is 2. The van der Waals surface area contributed by atoms with Crippen LogP contribution < -0.4 is 0 Å². The zero-order valence-electron chi connectivity index (χ0n) is 17.2. The second kappa shape index (κ2) is 9.76. The molecule has 1 aromatic rings. The standard InChI is InChI=1S/C21H33ClN2O3/c1-21(2,3)27-20(25)24-12-10-17(11-13-24)19(26-15-14-23(4)5)16-6-8-18(22)9-7-16/h6-9,17,19H,10-15H2,1-5H3. The van der Waals surface area contributed by atoms with Crippen molar-refractivity contribution < 1.29 is 14.3 Å². The summed E-state index contributed by atoms with van der Waals surface area (Å²) in [6.07, 6.45) is 1.59. The number of amides is 1. The molecule has 0 bridgehead atoms. The second-order valence-electron chi connectivity index (χ2n) is 8.45. The van der Waals surface area contributed by atoms with Crippen LogP contribution in [0.15, 0.2) is 24.3 Å². The molecule has 0 aromatic heterocycles. The van der Waals surface area contributed by atoms with Gasteiger partial charge in [-0.05, 0) is 71.3 Å². The van der Waals surface area contributed by atoms with Crippen molar-refractivity contribution in [1.82, 2.24) is 9.80 Å². The number of carbonyl (C=O) groups is 1. The van der Waals surface area contributed by atoms with E-state index in [-0.39, 0.29) is 12.2 Å². The number of likely N-dealkylation sites (N-methyl/N-ethyl adjacent to an activating group) is 1. The normalized spacial score (nSPS) is 17.2. The second-order valence-corrected chi connectivity index (χ2v) is 8.89. The van der Waals surface area contributed by atoms with Crippen molar-refractivity contribution in [3.05, 3.63) is 34.9 Å². The maximum atomic E-state index is 12.3. The minimum atomic E-state index is -0.463. The first kappa shape index (κ1) is 22.0. The average Bonchev–Trinajstić information content (AvgIpc) is 2.58. The largest absolute Gasteiger partial charge is 0.444 e. The van der Waals surface area contributed by atoms with Gasteiger partial charge in [-0.15, -0.1) is 0 Å². The number of carbonyl (C=O) groups excluding carboxylic acids is 1. The highest BCUT2D eigenvalue weighted by Crippen LogP contribution is 2.34. The van der Waals surface area contributed by atoms with E-state index in [1.54, 1.807) is 4.90 Å². The molecule has 0 spiro atoms. The Hall–Kier alpha value is -1.30. The number of nitrogens with zero attached hydrogens (tertiary/aromatic N) is 2. The summed E-state index contributed by atoms with van der Waals surface area (Å²) in [7, 11) is 4.08. The fourth-order valence-corrected chi connectivity index (χ4v) is 3.36. The van der Waals surface area contributed by atoms with Crippen LogP contribution in [0.3, 0.4) is 0 Å². The Morgan fingerprint density at radius 3 is 2.33 bits per heavy atom. The van der Waals surface area contributed by atoms with Gasteiger partial charge in [0.15, 0.2) is 0 Å². The fourth-order valence-electron chi connectivity index (χ4n) is 3.23. The lowest BCUT2D eigenvalue weighted by atomic mass is 9.87. The minimum absolute atomic E-state index is 0.0167. The molecule has 27 heavy (non-hydrogen) atoms. The molecule has 0 N–H and O–H groups in total. The molecule has 1 unspecified atom stereocenters. The van der Waals surface area contributed by atoms with Crippen LogP contribution in [-0.4, -0.2) is 61.8 Å². The average molecular weight is 397 g/mol. The SMILES string of the molecule is CN(C)CCOC(c1ccc(Cl)cc1)C1CCN(C(=O)OC(C)(C)C)CC1. The molecular weight excluding hydrogens is 364 g/mol. The maximum absolute atomic E-state index is 12.3. The molecule has 1 saturated heterocycles.